The van der Waals surface area contributed by atoms with Gasteiger partial charge in [-0.15, -0.1) is 0 Å². The van der Waals surface area contributed by atoms with Crippen molar-refractivity contribution in [1.29, 1.82) is 0 Å². The Morgan fingerprint density at radius 2 is 1.76 bits per heavy atom. The molecule has 2 aliphatic carbocycles. The van der Waals surface area contributed by atoms with E-state index in [9.17, 15) is 4.79 Å². The van der Waals surface area contributed by atoms with Crippen LogP contribution in [0.5, 0.6) is 0 Å². The van der Waals surface area contributed by atoms with Gasteiger partial charge in [0.1, 0.15) is 0 Å². The molecule has 3 fully saturated rings. The Bertz CT molecular complexity index is 938. The highest BCUT2D eigenvalue weighted by Crippen LogP contribution is 2.34. The van der Waals surface area contributed by atoms with Gasteiger partial charge in [-0.25, -0.2) is 0 Å². The van der Waals surface area contributed by atoms with E-state index in [-0.39, 0.29) is 0 Å². The summed E-state index contributed by atoms with van der Waals surface area (Å²) in [7, 11) is 0. The zero-order chi connectivity index (χ0) is 23.3. The molecule has 0 radical (unpaired) electrons. The monoisotopic (exact) mass is 485 g/mol. The maximum Gasteiger partial charge on any atom is 0.220 e. The molecular weight excluding hydrogens is 446 g/mol. The van der Waals surface area contributed by atoms with Crippen molar-refractivity contribution in [2.45, 2.75) is 95.4 Å². The number of carbonyl (C=O) groups excluding carboxylic acids is 1. The van der Waals surface area contributed by atoms with Gasteiger partial charge in [-0.1, -0.05) is 36.0 Å². The number of rotatable bonds is 7. The molecule has 2 aromatic rings. The number of nitrogens with zero attached hydrogens (tertiary/aromatic N) is 2. The van der Waals surface area contributed by atoms with Crippen molar-refractivity contribution in [1.82, 2.24) is 15.4 Å². The van der Waals surface area contributed by atoms with Crippen LogP contribution in [0.15, 0.2) is 22.7 Å². The fourth-order valence-corrected chi connectivity index (χ4v) is 6.72. The number of amides is 1. The van der Waals surface area contributed by atoms with E-state index >= 15 is 0 Å². The number of hydrogen-bond donors (Lipinski definition) is 1. The fourth-order valence-electron chi connectivity index (χ4n) is 6.56. The summed E-state index contributed by atoms with van der Waals surface area (Å²) in [4.78, 5) is 15.1. The minimum atomic E-state index is 0.307. The lowest BCUT2D eigenvalue weighted by molar-refractivity contribution is -0.123. The lowest BCUT2D eigenvalue weighted by Crippen LogP contribution is -2.39. The van der Waals surface area contributed by atoms with Crippen LogP contribution >= 0.6 is 11.6 Å². The molecule has 6 heteroatoms. The maximum absolute atomic E-state index is 12.5. The smallest absolute Gasteiger partial charge is 0.220 e. The van der Waals surface area contributed by atoms with Crippen LogP contribution in [0.1, 0.15) is 95.1 Å². The van der Waals surface area contributed by atoms with E-state index in [2.05, 4.69) is 15.4 Å². The number of nitrogens with one attached hydrogen (secondary N) is 1. The third-order valence-corrected chi connectivity index (χ3v) is 8.94. The number of piperidine rings is 1. The van der Waals surface area contributed by atoms with E-state index in [1.807, 2.05) is 18.2 Å². The molecule has 0 atom stereocenters. The number of benzene rings is 1. The first-order valence-corrected chi connectivity index (χ1v) is 14.1. The van der Waals surface area contributed by atoms with Gasteiger partial charge in [0, 0.05) is 34.9 Å². The van der Waals surface area contributed by atoms with Gasteiger partial charge >= 0.3 is 0 Å². The quantitative estimate of drug-likeness (QED) is 0.474. The summed E-state index contributed by atoms with van der Waals surface area (Å²) >= 11 is 6.08. The lowest BCUT2D eigenvalue weighted by atomic mass is 9.83. The zero-order valence-corrected chi connectivity index (χ0v) is 21.2. The average Bonchev–Trinajstić information content (AvgIpc) is 3.27. The first kappa shape index (κ1) is 24.1. The van der Waals surface area contributed by atoms with Crippen LogP contribution < -0.4 is 5.32 Å². The van der Waals surface area contributed by atoms with Crippen molar-refractivity contribution >= 4 is 28.5 Å². The second-order valence-electron chi connectivity index (χ2n) is 11.1. The Balaban J connectivity index is 0.992. The molecule has 1 saturated heterocycles. The molecule has 5 nitrogen and oxygen atoms in total. The van der Waals surface area contributed by atoms with Gasteiger partial charge in [-0.3, -0.25) is 4.79 Å². The minimum absolute atomic E-state index is 0.307. The number of likely N-dealkylation sites (tertiary alicyclic amines) is 1. The molecule has 1 amide bonds. The van der Waals surface area contributed by atoms with Crippen LogP contribution in [0.2, 0.25) is 5.02 Å². The van der Waals surface area contributed by atoms with Gasteiger partial charge < -0.3 is 14.7 Å². The van der Waals surface area contributed by atoms with Crippen LogP contribution in [0.25, 0.3) is 11.0 Å². The molecular formula is C28H40ClN3O2. The topological polar surface area (TPSA) is 58.4 Å². The van der Waals surface area contributed by atoms with Crippen LogP contribution in [0.3, 0.4) is 0 Å². The van der Waals surface area contributed by atoms with Crippen LogP contribution in [-0.2, 0) is 4.79 Å². The van der Waals surface area contributed by atoms with Crippen LogP contribution in [0.4, 0.5) is 0 Å². The summed E-state index contributed by atoms with van der Waals surface area (Å²) in [6, 6.07) is 6.25. The minimum Gasteiger partial charge on any atom is -0.356 e. The highest BCUT2D eigenvalue weighted by Gasteiger charge is 2.27. The van der Waals surface area contributed by atoms with Crippen molar-refractivity contribution < 1.29 is 9.32 Å². The summed E-state index contributed by atoms with van der Waals surface area (Å²) in [5.74, 6) is 2.23. The molecule has 3 aliphatic rings. The summed E-state index contributed by atoms with van der Waals surface area (Å²) in [6.45, 7) is 3.48. The van der Waals surface area contributed by atoms with E-state index in [0.29, 0.717) is 28.8 Å². The molecule has 1 aliphatic heterocycles. The second-order valence-corrected chi connectivity index (χ2v) is 11.5. The summed E-state index contributed by atoms with van der Waals surface area (Å²) in [6.07, 6.45) is 15.7. The number of halogens is 1. The Morgan fingerprint density at radius 1 is 1.00 bits per heavy atom. The van der Waals surface area contributed by atoms with Crippen molar-refractivity contribution in [3.05, 3.63) is 28.9 Å². The van der Waals surface area contributed by atoms with E-state index in [1.165, 1.54) is 57.9 Å². The third kappa shape index (κ3) is 6.15. The number of hydrogen-bond acceptors (Lipinski definition) is 4. The lowest BCUT2D eigenvalue weighted by Gasteiger charge is -2.34. The largest absolute Gasteiger partial charge is 0.356 e. The molecule has 0 spiro atoms. The zero-order valence-electron chi connectivity index (χ0n) is 20.4. The summed E-state index contributed by atoms with van der Waals surface area (Å²) in [5, 5.41) is 9.55. The molecule has 0 unspecified atom stereocenters. The average molecular weight is 486 g/mol. The van der Waals surface area contributed by atoms with Gasteiger partial charge in [-0.05, 0) is 101 Å². The van der Waals surface area contributed by atoms with Crippen molar-refractivity contribution in [2.24, 2.45) is 11.8 Å². The maximum atomic E-state index is 12.5. The van der Waals surface area contributed by atoms with E-state index < -0.39 is 0 Å². The highest BCUT2D eigenvalue weighted by atomic mass is 35.5. The molecule has 0 bridgehead atoms. The SMILES string of the molecule is O=C(CC1CCCCC1)NC1CCC(CCN2CCC(c3noc4cc(Cl)ccc34)CC2)CC1. The summed E-state index contributed by atoms with van der Waals surface area (Å²) in [5.41, 5.74) is 1.90. The molecule has 2 saturated carbocycles. The number of fused-ring (bicyclic) bond motifs is 1. The molecule has 1 aromatic carbocycles. The van der Waals surface area contributed by atoms with E-state index in [0.717, 1.165) is 67.8 Å². The second kappa shape index (κ2) is 11.4. The predicted molar refractivity (Wildman–Crippen MR) is 137 cm³/mol. The standard InChI is InChI=1S/C28H40ClN3O2/c29-23-8-11-25-26(19-23)34-31-28(25)22-13-16-32(17-14-22)15-12-20-6-9-24(10-7-20)30-27(33)18-21-4-2-1-3-5-21/h8,11,19-22,24H,1-7,9-10,12-18H2,(H,30,33). The predicted octanol–water partition coefficient (Wildman–Crippen LogP) is 6.70. The highest BCUT2D eigenvalue weighted by molar-refractivity contribution is 6.31. The molecule has 2 heterocycles. The first-order chi connectivity index (χ1) is 16.6. The van der Waals surface area contributed by atoms with Gasteiger partial charge in [0.25, 0.3) is 0 Å². The first-order valence-electron chi connectivity index (χ1n) is 13.7. The van der Waals surface area contributed by atoms with Crippen molar-refractivity contribution in [3.8, 4) is 0 Å². The number of carbonyl (C=O) groups is 1. The van der Waals surface area contributed by atoms with Crippen LogP contribution in [0, 0.1) is 11.8 Å². The number of aromatic nitrogens is 1. The fraction of sp³-hybridized carbons (Fsp3) is 0.714. The van der Waals surface area contributed by atoms with Gasteiger partial charge in [0.15, 0.2) is 5.58 Å². The van der Waals surface area contributed by atoms with Crippen LogP contribution in [-0.4, -0.2) is 41.6 Å². The molecule has 1 aromatic heterocycles. The Morgan fingerprint density at radius 3 is 2.53 bits per heavy atom. The van der Waals surface area contributed by atoms with Gasteiger partial charge in [0.2, 0.25) is 5.91 Å². The van der Waals surface area contributed by atoms with E-state index in [4.69, 9.17) is 16.1 Å². The molecule has 34 heavy (non-hydrogen) atoms. The van der Waals surface area contributed by atoms with Crippen molar-refractivity contribution in [3.63, 3.8) is 0 Å². The molecule has 1 N–H and O–H groups in total. The van der Waals surface area contributed by atoms with Gasteiger partial charge in [0.05, 0.1) is 5.69 Å². The Hall–Kier alpha value is -1.59. The molecule has 186 valence electrons. The third-order valence-electron chi connectivity index (χ3n) is 8.70. The van der Waals surface area contributed by atoms with Crippen molar-refractivity contribution in [2.75, 3.05) is 19.6 Å². The summed E-state index contributed by atoms with van der Waals surface area (Å²) < 4.78 is 5.53. The normalized spacial score (nSPS) is 25.6. The Kier molecular flexibility index (Phi) is 8.11. The van der Waals surface area contributed by atoms with Gasteiger partial charge in [-0.2, -0.15) is 0 Å². The molecule has 5 rings (SSSR count). The van der Waals surface area contributed by atoms with E-state index in [1.54, 1.807) is 0 Å². The Labute approximate surface area is 208 Å².